The van der Waals surface area contributed by atoms with Gasteiger partial charge in [0, 0.05) is 0 Å². The summed E-state index contributed by atoms with van der Waals surface area (Å²) in [6.45, 7) is 1.31. The predicted molar refractivity (Wildman–Crippen MR) is 37.3 cm³/mol. The second kappa shape index (κ2) is 3.70. The third-order valence-corrected chi connectivity index (χ3v) is 1.67. The lowest BCUT2D eigenvalue weighted by Gasteiger charge is -1.94. The summed E-state index contributed by atoms with van der Waals surface area (Å²) < 4.78 is 28.6. The molecule has 0 atom stereocenters. The van der Waals surface area contributed by atoms with E-state index in [0.717, 1.165) is 0 Å². The Morgan fingerprint density at radius 2 is 2.10 bits per heavy atom. The van der Waals surface area contributed by atoms with E-state index in [-0.39, 0.29) is 6.61 Å². The van der Waals surface area contributed by atoms with E-state index < -0.39 is 15.9 Å². The summed E-state index contributed by atoms with van der Waals surface area (Å²) in [4.78, 5) is 0. The van der Waals surface area contributed by atoms with Crippen molar-refractivity contribution in [3.63, 3.8) is 0 Å². The van der Waals surface area contributed by atoms with Gasteiger partial charge in [-0.3, -0.25) is 4.55 Å². The first-order valence-corrected chi connectivity index (χ1v) is 4.28. The van der Waals surface area contributed by atoms with Crippen LogP contribution in [0.2, 0.25) is 0 Å². The number of hydrogen-bond acceptors (Lipinski definition) is 3. The van der Waals surface area contributed by atoms with Crippen molar-refractivity contribution in [2.24, 2.45) is 0 Å². The summed E-state index contributed by atoms with van der Waals surface area (Å²) in [5.74, 6) is -0.409. The number of rotatable bonds is 3. The van der Waals surface area contributed by atoms with Crippen molar-refractivity contribution in [1.82, 2.24) is 0 Å². The lowest BCUT2D eigenvalue weighted by atomic mass is 10.3. The Bertz CT molecular complexity index is 214. The van der Waals surface area contributed by atoms with E-state index in [1.807, 2.05) is 0 Å². The highest BCUT2D eigenvalue weighted by Crippen LogP contribution is 1.95. The van der Waals surface area contributed by atoms with Crippen LogP contribution in [0, 0.1) is 0 Å². The molecular weight excluding hydrogens is 156 g/mol. The Morgan fingerprint density at radius 3 is 2.40 bits per heavy atom. The molecule has 4 nitrogen and oxygen atoms in total. The molecule has 2 N–H and O–H groups in total. The Morgan fingerprint density at radius 1 is 1.60 bits per heavy atom. The van der Waals surface area contributed by atoms with Crippen LogP contribution in [0.4, 0.5) is 0 Å². The van der Waals surface area contributed by atoms with Gasteiger partial charge in [0.15, 0.2) is 0 Å². The lowest BCUT2D eigenvalue weighted by Crippen LogP contribution is -2.04. The van der Waals surface area contributed by atoms with Gasteiger partial charge in [0.1, 0.15) is 0 Å². The number of aliphatic hydroxyl groups excluding tert-OH is 1. The Labute approximate surface area is 59.9 Å². The Balaban J connectivity index is 4.05. The number of hydrogen-bond donors (Lipinski definition) is 2. The van der Waals surface area contributed by atoms with Gasteiger partial charge in [-0.1, -0.05) is 11.6 Å². The molecule has 0 spiro atoms. The SMILES string of the molecule is CC(=CCO)CS(=O)(=O)O. The van der Waals surface area contributed by atoms with E-state index in [9.17, 15) is 8.42 Å². The van der Waals surface area contributed by atoms with Crippen molar-refractivity contribution in [2.45, 2.75) is 6.92 Å². The van der Waals surface area contributed by atoms with E-state index in [2.05, 4.69) is 0 Å². The third kappa shape index (κ3) is 5.74. The molecule has 0 saturated heterocycles. The minimum absolute atomic E-state index is 0.207. The van der Waals surface area contributed by atoms with Gasteiger partial charge in [-0.05, 0) is 6.92 Å². The molecule has 0 aromatic heterocycles. The van der Waals surface area contributed by atoms with Crippen molar-refractivity contribution in [1.29, 1.82) is 0 Å². The quantitative estimate of drug-likeness (QED) is 0.450. The second-order valence-corrected chi connectivity index (χ2v) is 3.41. The van der Waals surface area contributed by atoms with Crippen molar-refractivity contribution in [3.8, 4) is 0 Å². The smallest absolute Gasteiger partial charge is 0.268 e. The molecule has 10 heavy (non-hydrogen) atoms. The van der Waals surface area contributed by atoms with E-state index in [0.29, 0.717) is 5.57 Å². The van der Waals surface area contributed by atoms with E-state index in [4.69, 9.17) is 9.66 Å². The van der Waals surface area contributed by atoms with Gasteiger partial charge < -0.3 is 5.11 Å². The van der Waals surface area contributed by atoms with E-state index >= 15 is 0 Å². The minimum atomic E-state index is -3.92. The number of aliphatic hydroxyl groups is 1. The summed E-state index contributed by atoms with van der Waals surface area (Å²) in [7, 11) is -3.92. The molecule has 0 radical (unpaired) electrons. The maximum atomic E-state index is 10.1. The molecule has 0 aliphatic heterocycles. The summed E-state index contributed by atoms with van der Waals surface area (Å²) in [5, 5.41) is 8.28. The van der Waals surface area contributed by atoms with Crippen LogP contribution in [0.15, 0.2) is 11.6 Å². The first kappa shape index (κ1) is 9.61. The molecule has 0 aromatic carbocycles. The standard InChI is InChI=1S/C5H10O4S/c1-5(2-3-6)4-10(7,8)9/h2,6H,3-4H2,1H3,(H,7,8,9). The lowest BCUT2D eigenvalue weighted by molar-refractivity contribution is 0.342. The molecule has 5 heteroatoms. The van der Waals surface area contributed by atoms with E-state index in [1.54, 1.807) is 0 Å². The fourth-order valence-electron chi connectivity index (χ4n) is 0.502. The molecule has 0 fully saturated rings. The molecule has 0 saturated carbocycles. The Kier molecular flexibility index (Phi) is 3.55. The highest BCUT2D eigenvalue weighted by molar-refractivity contribution is 7.85. The van der Waals surface area contributed by atoms with Gasteiger partial charge in [0.05, 0.1) is 12.4 Å². The normalized spacial score (nSPS) is 13.7. The molecule has 0 aliphatic carbocycles. The monoisotopic (exact) mass is 166 g/mol. The first-order valence-electron chi connectivity index (χ1n) is 2.67. The summed E-state index contributed by atoms with van der Waals surface area (Å²) in [6, 6.07) is 0. The van der Waals surface area contributed by atoms with Crippen LogP contribution in [0.3, 0.4) is 0 Å². The van der Waals surface area contributed by atoms with Crippen LogP contribution in [0.5, 0.6) is 0 Å². The molecule has 0 aromatic rings. The van der Waals surface area contributed by atoms with Gasteiger partial charge in [0.25, 0.3) is 10.1 Å². The molecule has 0 bridgehead atoms. The summed E-state index contributed by atoms with van der Waals surface area (Å²) >= 11 is 0. The van der Waals surface area contributed by atoms with E-state index in [1.165, 1.54) is 13.0 Å². The molecular formula is C5H10O4S. The molecule has 0 unspecified atom stereocenters. The van der Waals surface area contributed by atoms with Gasteiger partial charge in [-0.2, -0.15) is 8.42 Å². The van der Waals surface area contributed by atoms with Gasteiger partial charge in [-0.25, -0.2) is 0 Å². The van der Waals surface area contributed by atoms with Crippen molar-refractivity contribution in [3.05, 3.63) is 11.6 Å². The predicted octanol–water partition coefficient (Wildman–Crippen LogP) is -0.187. The highest BCUT2D eigenvalue weighted by atomic mass is 32.2. The van der Waals surface area contributed by atoms with Crippen molar-refractivity contribution < 1.29 is 18.1 Å². The third-order valence-electron chi connectivity index (χ3n) is 0.850. The van der Waals surface area contributed by atoms with Crippen molar-refractivity contribution >= 4 is 10.1 Å². The average molecular weight is 166 g/mol. The molecule has 0 amide bonds. The van der Waals surface area contributed by atoms with Crippen LogP contribution in [-0.2, 0) is 10.1 Å². The zero-order valence-corrected chi connectivity index (χ0v) is 6.43. The molecule has 0 rings (SSSR count). The zero-order valence-electron chi connectivity index (χ0n) is 5.61. The highest BCUT2D eigenvalue weighted by Gasteiger charge is 2.03. The average Bonchev–Trinajstić information content (AvgIpc) is 1.59. The largest absolute Gasteiger partial charge is 0.392 e. The maximum absolute atomic E-state index is 10.1. The summed E-state index contributed by atoms with van der Waals surface area (Å²) in [6.07, 6.45) is 1.33. The van der Waals surface area contributed by atoms with Crippen molar-refractivity contribution in [2.75, 3.05) is 12.4 Å². The fraction of sp³-hybridized carbons (Fsp3) is 0.600. The molecule has 0 heterocycles. The maximum Gasteiger partial charge on any atom is 0.268 e. The van der Waals surface area contributed by atoms with Crippen LogP contribution >= 0.6 is 0 Å². The Hall–Kier alpha value is -0.390. The minimum Gasteiger partial charge on any atom is -0.392 e. The summed E-state index contributed by atoms with van der Waals surface area (Å²) in [5.41, 5.74) is 0.435. The van der Waals surface area contributed by atoms with Gasteiger partial charge in [0.2, 0.25) is 0 Å². The van der Waals surface area contributed by atoms with Crippen LogP contribution in [0.1, 0.15) is 6.92 Å². The van der Waals surface area contributed by atoms with Crippen LogP contribution < -0.4 is 0 Å². The second-order valence-electron chi connectivity index (χ2n) is 1.96. The van der Waals surface area contributed by atoms with Gasteiger partial charge >= 0.3 is 0 Å². The van der Waals surface area contributed by atoms with Crippen LogP contribution in [0.25, 0.3) is 0 Å². The van der Waals surface area contributed by atoms with Gasteiger partial charge in [-0.15, -0.1) is 0 Å². The zero-order chi connectivity index (χ0) is 8.20. The molecule has 60 valence electrons. The topological polar surface area (TPSA) is 74.6 Å². The molecule has 0 aliphatic rings. The fourth-order valence-corrected chi connectivity index (χ4v) is 1.20. The van der Waals surface area contributed by atoms with Crippen LogP contribution in [-0.4, -0.2) is 30.4 Å². The first-order chi connectivity index (χ1) is 4.45.